The average molecular weight is 296 g/mol. The van der Waals surface area contributed by atoms with E-state index in [1.165, 1.54) is 0 Å². The lowest BCUT2D eigenvalue weighted by atomic mass is 10.1. The van der Waals surface area contributed by atoms with Crippen LogP contribution in [0.1, 0.15) is 29.8 Å². The summed E-state index contributed by atoms with van der Waals surface area (Å²) < 4.78 is 0.964. The molecule has 0 aliphatic carbocycles. The van der Waals surface area contributed by atoms with Crippen LogP contribution in [0.15, 0.2) is 35.3 Å². The minimum atomic E-state index is 0.0544. The van der Waals surface area contributed by atoms with Crippen LogP contribution in [-0.4, -0.2) is 23.4 Å². The minimum Gasteiger partial charge on any atom is -0.333 e. The highest BCUT2D eigenvalue weighted by molar-refractivity contribution is 9.10. The maximum absolute atomic E-state index is 12.4. The predicted molar refractivity (Wildman–Crippen MR) is 75.2 cm³/mol. The van der Waals surface area contributed by atoms with E-state index in [-0.39, 0.29) is 11.9 Å². The van der Waals surface area contributed by atoms with Crippen LogP contribution < -0.4 is 0 Å². The Morgan fingerprint density at radius 3 is 2.71 bits per heavy atom. The average Bonchev–Trinajstić information content (AvgIpc) is 2.28. The Kier molecular flexibility index (Phi) is 4.94. The molecule has 3 heteroatoms. The Hall–Kier alpha value is -1.09. The van der Waals surface area contributed by atoms with Crippen LogP contribution in [0.25, 0.3) is 0 Å². The molecular formula is C14H18BrNO. The first-order valence-electron chi connectivity index (χ1n) is 5.66. The van der Waals surface area contributed by atoms with Crippen LogP contribution in [0.4, 0.5) is 0 Å². The van der Waals surface area contributed by atoms with E-state index in [0.29, 0.717) is 6.54 Å². The van der Waals surface area contributed by atoms with Crippen LogP contribution in [0.3, 0.4) is 0 Å². The van der Waals surface area contributed by atoms with Crippen LogP contribution in [-0.2, 0) is 0 Å². The number of nitrogens with zero attached hydrogens (tertiary/aromatic N) is 1. The number of benzene rings is 1. The number of carbonyl (C=O) groups is 1. The Bertz CT molecular complexity index is 426. The number of hydrogen-bond acceptors (Lipinski definition) is 1. The summed E-state index contributed by atoms with van der Waals surface area (Å²) >= 11 is 3.45. The number of amides is 1. The third kappa shape index (κ3) is 3.19. The number of hydrogen-bond donors (Lipinski definition) is 0. The van der Waals surface area contributed by atoms with Gasteiger partial charge >= 0.3 is 0 Å². The number of rotatable bonds is 4. The van der Waals surface area contributed by atoms with Crippen LogP contribution in [0.2, 0.25) is 0 Å². The molecule has 1 aromatic carbocycles. The zero-order valence-electron chi connectivity index (χ0n) is 10.5. The van der Waals surface area contributed by atoms with Gasteiger partial charge in [0.05, 0.1) is 0 Å². The van der Waals surface area contributed by atoms with E-state index in [4.69, 9.17) is 0 Å². The smallest absolute Gasteiger partial charge is 0.254 e. The van der Waals surface area contributed by atoms with Crippen molar-refractivity contribution in [3.63, 3.8) is 0 Å². The third-order valence-corrected chi connectivity index (χ3v) is 3.57. The van der Waals surface area contributed by atoms with Crippen molar-refractivity contribution >= 4 is 21.8 Å². The van der Waals surface area contributed by atoms with Crippen molar-refractivity contribution in [2.45, 2.75) is 26.8 Å². The van der Waals surface area contributed by atoms with E-state index in [1.807, 2.05) is 43.9 Å². The van der Waals surface area contributed by atoms with Gasteiger partial charge in [-0.2, -0.15) is 0 Å². The third-order valence-electron chi connectivity index (χ3n) is 2.71. The molecule has 17 heavy (non-hydrogen) atoms. The van der Waals surface area contributed by atoms with E-state index in [1.54, 1.807) is 6.08 Å². The summed E-state index contributed by atoms with van der Waals surface area (Å²) in [6.07, 6.45) is 1.76. The fraction of sp³-hybridized carbons (Fsp3) is 0.357. The molecule has 2 nitrogen and oxygen atoms in total. The SMILES string of the molecule is C=CCN(C(=O)c1cccc(Br)c1C)C(C)C. The maximum atomic E-state index is 12.4. The molecule has 0 N–H and O–H groups in total. The Balaban J connectivity index is 3.09. The molecule has 0 saturated carbocycles. The molecule has 0 fully saturated rings. The topological polar surface area (TPSA) is 20.3 Å². The van der Waals surface area contributed by atoms with Crippen molar-refractivity contribution in [1.82, 2.24) is 4.90 Å². The van der Waals surface area contributed by atoms with Gasteiger partial charge in [-0.3, -0.25) is 4.79 Å². The molecule has 0 unspecified atom stereocenters. The monoisotopic (exact) mass is 295 g/mol. The fourth-order valence-electron chi connectivity index (χ4n) is 1.66. The van der Waals surface area contributed by atoms with Gasteiger partial charge in [0, 0.05) is 22.6 Å². The summed E-state index contributed by atoms with van der Waals surface area (Å²) in [4.78, 5) is 14.2. The maximum Gasteiger partial charge on any atom is 0.254 e. The molecular weight excluding hydrogens is 278 g/mol. The predicted octanol–water partition coefficient (Wildman–Crippen LogP) is 3.79. The van der Waals surface area contributed by atoms with Gasteiger partial charge in [0.1, 0.15) is 0 Å². The molecule has 0 aliphatic rings. The summed E-state index contributed by atoms with van der Waals surface area (Å²) in [5, 5.41) is 0. The second kappa shape index (κ2) is 6.01. The first kappa shape index (κ1) is 14.0. The van der Waals surface area contributed by atoms with E-state index in [0.717, 1.165) is 15.6 Å². The molecule has 0 spiro atoms. The molecule has 0 aliphatic heterocycles. The fourth-order valence-corrected chi connectivity index (χ4v) is 2.03. The van der Waals surface area contributed by atoms with E-state index >= 15 is 0 Å². The Morgan fingerprint density at radius 2 is 2.18 bits per heavy atom. The van der Waals surface area contributed by atoms with Crippen molar-refractivity contribution in [2.24, 2.45) is 0 Å². The second-order valence-corrected chi connectivity index (χ2v) is 5.11. The van der Waals surface area contributed by atoms with Crippen molar-refractivity contribution in [3.05, 3.63) is 46.5 Å². The van der Waals surface area contributed by atoms with Gasteiger partial charge in [0.25, 0.3) is 5.91 Å². The zero-order chi connectivity index (χ0) is 13.0. The van der Waals surface area contributed by atoms with Crippen LogP contribution >= 0.6 is 15.9 Å². The minimum absolute atomic E-state index is 0.0544. The van der Waals surface area contributed by atoms with Crippen LogP contribution in [0, 0.1) is 6.92 Å². The second-order valence-electron chi connectivity index (χ2n) is 4.25. The van der Waals surface area contributed by atoms with Gasteiger partial charge in [-0.15, -0.1) is 6.58 Å². The number of carbonyl (C=O) groups excluding carboxylic acids is 1. The van der Waals surface area contributed by atoms with Gasteiger partial charge in [0.15, 0.2) is 0 Å². The first-order valence-corrected chi connectivity index (χ1v) is 6.45. The standard InChI is InChI=1S/C14H18BrNO/c1-5-9-16(10(2)3)14(17)12-7-6-8-13(15)11(12)4/h5-8,10H,1,9H2,2-4H3. The molecule has 1 amide bonds. The van der Waals surface area contributed by atoms with Gasteiger partial charge in [-0.1, -0.05) is 28.1 Å². The normalized spacial score (nSPS) is 10.4. The van der Waals surface area contributed by atoms with Gasteiger partial charge in [-0.05, 0) is 38.5 Å². The summed E-state index contributed by atoms with van der Waals surface area (Å²) in [6, 6.07) is 5.86. The van der Waals surface area contributed by atoms with Crippen molar-refractivity contribution in [3.8, 4) is 0 Å². The quantitative estimate of drug-likeness (QED) is 0.774. The van der Waals surface area contributed by atoms with E-state index in [9.17, 15) is 4.79 Å². The van der Waals surface area contributed by atoms with Crippen LogP contribution in [0.5, 0.6) is 0 Å². The molecule has 0 aromatic heterocycles. The molecule has 0 bridgehead atoms. The van der Waals surface area contributed by atoms with Crippen molar-refractivity contribution < 1.29 is 4.79 Å². The molecule has 1 rings (SSSR count). The highest BCUT2D eigenvalue weighted by Crippen LogP contribution is 2.21. The largest absolute Gasteiger partial charge is 0.333 e. The van der Waals surface area contributed by atoms with Crippen molar-refractivity contribution in [2.75, 3.05) is 6.54 Å². The molecule has 0 heterocycles. The molecule has 1 aromatic rings. The van der Waals surface area contributed by atoms with E-state index < -0.39 is 0 Å². The van der Waals surface area contributed by atoms with E-state index in [2.05, 4.69) is 22.5 Å². The highest BCUT2D eigenvalue weighted by Gasteiger charge is 2.19. The number of halogens is 1. The van der Waals surface area contributed by atoms with Gasteiger partial charge < -0.3 is 4.90 Å². The Morgan fingerprint density at radius 1 is 1.53 bits per heavy atom. The van der Waals surface area contributed by atoms with Crippen molar-refractivity contribution in [1.29, 1.82) is 0 Å². The summed E-state index contributed by atoms with van der Waals surface area (Å²) in [5.74, 6) is 0.0544. The zero-order valence-corrected chi connectivity index (χ0v) is 12.1. The lowest BCUT2D eigenvalue weighted by Gasteiger charge is -2.26. The molecule has 0 atom stereocenters. The first-order chi connectivity index (χ1) is 7.99. The molecule has 92 valence electrons. The highest BCUT2D eigenvalue weighted by atomic mass is 79.9. The molecule has 0 saturated heterocycles. The van der Waals surface area contributed by atoms with Gasteiger partial charge in [-0.25, -0.2) is 0 Å². The summed E-state index contributed by atoms with van der Waals surface area (Å²) in [5.41, 5.74) is 1.72. The molecule has 0 radical (unpaired) electrons. The summed E-state index contributed by atoms with van der Waals surface area (Å²) in [7, 11) is 0. The van der Waals surface area contributed by atoms with Gasteiger partial charge in [0.2, 0.25) is 0 Å². The lowest BCUT2D eigenvalue weighted by Crippen LogP contribution is -2.37. The Labute approximate surface area is 111 Å². The summed E-state index contributed by atoms with van der Waals surface area (Å²) in [6.45, 7) is 10.2. The lowest BCUT2D eigenvalue weighted by molar-refractivity contribution is 0.0728.